The van der Waals surface area contributed by atoms with Crippen LogP contribution in [0.15, 0.2) is 42.4 Å². The second kappa shape index (κ2) is 20.8. The van der Waals surface area contributed by atoms with Gasteiger partial charge in [0.15, 0.2) is 0 Å². The predicted octanol–water partition coefficient (Wildman–Crippen LogP) is 6.08. The molecule has 408 valence electrons. The van der Waals surface area contributed by atoms with Gasteiger partial charge in [0, 0.05) is 99.7 Å². The van der Waals surface area contributed by atoms with Crippen LogP contribution in [0.3, 0.4) is 0 Å². The standard InChI is InChI=1S/C55H69F3N10O7S/c1-8-44(69)65-28-54(29-65)13-16-67(52(54)73)46(32(2)3)49(70)61-41-24-43-60-42(27-76-43)35-21-34-11-9-14-66-47(34)37(22-35)39(25-53(5,6)31-75-51(72)40-12-10-15-68(62-40)50(41)71)48(66)38-23-36(26-59-45(38)33(4)74-7)64-19-17-63(18-20-64)30-55(56,57)58/h8,21-23,26-27,32-33,40-41,46,62H,1,9-20,24-25,28-31H2,2-7H3,(H,61,70)/t33-,40-,41-,46-/m0/s1. The molecule has 3 aromatic heterocycles. The molecule has 0 radical (unpaired) electrons. The summed E-state index contributed by atoms with van der Waals surface area (Å²) in [7, 11) is 1.64. The zero-order chi connectivity index (χ0) is 54.0. The average Bonchev–Trinajstić information content (AvgIpc) is 4.13. The highest BCUT2D eigenvalue weighted by atomic mass is 32.1. The molecule has 0 unspecified atom stereocenters. The Hall–Kier alpha value is -5.90. The maximum atomic E-state index is 14.8. The number of fused-ring (bicyclic) bond motifs is 6. The third-order valence-corrected chi connectivity index (χ3v) is 17.2. The minimum atomic E-state index is -4.28. The van der Waals surface area contributed by atoms with Gasteiger partial charge in [-0.3, -0.25) is 38.9 Å². The highest BCUT2D eigenvalue weighted by molar-refractivity contribution is 7.10. The van der Waals surface area contributed by atoms with E-state index in [4.69, 9.17) is 19.4 Å². The van der Waals surface area contributed by atoms with E-state index in [0.717, 1.165) is 69.6 Å². The monoisotopic (exact) mass is 1070 g/mol. The number of thiazole rings is 1. The van der Waals surface area contributed by atoms with E-state index in [2.05, 4.69) is 58.8 Å². The number of esters is 1. The van der Waals surface area contributed by atoms with Crippen LogP contribution in [0, 0.1) is 16.7 Å². The Morgan fingerprint density at radius 1 is 1.04 bits per heavy atom. The number of benzene rings is 1. The molecule has 6 aliphatic heterocycles. The van der Waals surface area contributed by atoms with Crippen molar-refractivity contribution in [1.29, 1.82) is 0 Å². The normalized spacial score (nSPS) is 22.9. The minimum absolute atomic E-state index is 0.0418. The summed E-state index contributed by atoms with van der Waals surface area (Å²) in [5.41, 5.74) is 9.98. The Balaban J connectivity index is 1.03. The van der Waals surface area contributed by atoms with Gasteiger partial charge in [0.05, 0.1) is 64.2 Å². The molecule has 4 atom stereocenters. The van der Waals surface area contributed by atoms with Crippen LogP contribution in [0.2, 0.25) is 0 Å². The number of nitrogens with one attached hydrogen (secondary N) is 2. The molecule has 4 amide bonds. The molecule has 9 heterocycles. The minimum Gasteiger partial charge on any atom is -0.464 e. The number of carbonyl (C=O) groups is 5. The Bertz CT molecular complexity index is 2940. The van der Waals surface area contributed by atoms with Gasteiger partial charge < -0.3 is 34.1 Å². The number of hydrazine groups is 1. The van der Waals surface area contributed by atoms with Gasteiger partial charge in [-0.1, -0.05) is 34.3 Å². The second-order valence-electron chi connectivity index (χ2n) is 22.8. The summed E-state index contributed by atoms with van der Waals surface area (Å²) in [5.74, 6) is -2.17. The lowest BCUT2D eigenvalue weighted by molar-refractivity contribution is -0.156. The number of likely N-dealkylation sites (tertiary alicyclic amines) is 2. The molecule has 21 heteroatoms. The highest BCUT2D eigenvalue weighted by Crippen LogP contribution is 2.46. The molecular formula is C55H69F3N10O7S. The number of piperazine rings is 1. The Morgan fingerprint density at radius 2 is 1.80 bits per heavy atom. The molecule has 1 spiro atoms. The molecular weight excluding hydrogens is 1000 g/mol. The van der Waals surface area contributed by atoms with Crippen molar-refractivity contribution in [3.8, 4) is 22.5 Å². The number of rotatable bonds is 10. The van der Waals surface area contributed by atoms with Crippen molar-refractivity contribution in [3.63, 3.8) is 0 Å². The number of pyridine rings is 1. The summed E-state index contributed by atoms with van der Waals surface area (Å²) in [6, 6.07) is 3.62. The Kier molecular flexibility index (Phi) is 14.6. The maximum Gasteiger partial charge on any atom is 0.401 e. The van der Waals surface area contributed by atoms with Crippen LogP contribution < -0.4 is 15.6 Å². The van der Waals surface area contributed by atoms with E-state index in [9.17, 15) is 37.1 Å². The zero-order valence-corrected chi connectivity index (χ0v) is 45.1. The summed E-state index contributed by atoms with van der Waals surface area (Å²) in [6.07, 6.45) is 1.95. The van der Waals surface area contributed by atoms with E-state index in [0.29, 0.717) is 56.0 Å². The molecule has 0 aliphatic carbocycles. The van der Waals surface area contributed by atoms with E-state index in [-0.39, 0.29) is 63.5 Å². The molecule has 1 aromatic carbocycles. The maximum absolute atomic E-state index is 14.8. The predicted molar refractivity (Wildman–Crippen MR) is 281 cm³/mol. The van der Waals surface area contributed by atoms with Crippen molar-refractivity contribution in [3.05, 3.63) is 64.3 Å². The molecule has 4 fully saturated rings. The number of methoxy groups -OCH3 is 1. The molecule has 4 saturated heterocycles. The SMILES string of the molecule is C=CC(=O)N1CC2(CCN([C@H](C(=O)N[C@H]3Cc4nc(cs4)-c4cc5c6c(c4)c(c(-c4cc(N7CCN(CC(F)(F)F)CC7)cnc4[C@H](C)OC)n6CCC5)CC(C)(C)COC(=O)[C@@H]4CCCN(N4)C3=O)C(C)C)C2=O)C1. The molecule has 6 bridgehead atoms. The summed E-state index contributed by atoms with van der Waals surface area (Å²) in [4.78, 5) is 87.0. The molecule has 76 heavy (non-hydrogen) atoms. The number of amides is 4. The number of nitrogens with zero attached hydrogens (tertiary/aromatic N) is 8. The van der Waals surface area contributed by atoms with E-state index in [1.807, 2.05) is 26.2 Å². The molecule has 0 saturated carbocycles. The van der Waals surface area contributed by atoms with Crippen LogP contribution in [0.4, 0.5) is 18.9 Å². The fourth-order valence-electron chi connectivity index (χ4n) is 12.4. The average molecular weight is 1070 g/mol. The number of carbonyl (C=O) groups excluding carboxylic acids is 5. The number of cyclic esters (lactones) is 1. The van der Waals surface area contributed by atoms with Gasteiger partial charge in [0.1, 0.15) is 18.1 Å². The van der Waals surface area contributed by atoms with Crippen molar-refractivity contribution in [1.82, 2.24) is 45.0 Å². The van der Waals surface area contributed by atoms with Crippen LogP contribution in [0.1, 0.15) is 88.2 Å². The Morgan fingerprint density at radius 3 is 2.51 bits per heavy atom. The first-order chi connectivity index (χ1) is 36.2. The Labute approximate surface area is 445 Å². The number of aryl methyl sites for hydroxylation is 2. The van der Waals surface area contributed by atoms with Gasteiger partial charge in [-0.2, -0.15) is 13.2 Å². The van der Waals surface area contributed by atoms with Crippen molar-refractivity contribution < 1.29 is 46.6 Å². The molecule has 6 aliphatic rings. The zero-order valence-electron chi connectivity index (χ0n) is 44.3. The second-order valence-corrected chi connectivity index (χ2v) is 23.7. The van der Waals surface area contributed by atoms with Crippen molar-refractivity contribution in [2.75, 3.05) is 77.5 Å². The number of anilines is 1. The first-order valence-corrected chi connectivity index (χ1v) is 27.5. The van der Waals surface area contributed by atoms with Crippen molar-refractivity contribution in [2.24, 2.45) is 16.7 Å². The van der Waals surface area contributed by atoms with E-state index >= 15 is 0 Å². The number of ether oxygens (including phenoxy) is 2. The van der Waals surface area contributed by atoms with Gasteiger partial charge in [0.25, 0.3) is 5.91 Å². The van der Waals surface area contributed by atoms with Crippen LogP contribution in [-0.2, 0) is 59.3 Å². The molecule has 2 N–H and O–H groups in total. The number of hydrogen-bond acceptors (Lipinski definition) is 13. The van der Waals surface area contributed by atoms with Gasteiger partial charge in [-0.25, -0.2) is 10.4 Å². The largest absolute Gasteiger partial charge is 0.464 e. The summed E-state index contributed by atoms with van der Waals surface area (Å²) >= 11 is 1.39. The third-order valence-electron chi connectivity index (χ3n) is 16.3. The van der Waals surface area contributed by atoms with Crippen molar-refractivity contribution >= 4 is 57.5 Å². The smallest absolute Gasteiger partial charge is 0.401 e. The lowest BCUT2D eigenvalue weighted by Gasteiger charge is -2.46. The van der Waals surface area contributed by atoms with Crippen LogP contribution >= 0.6 is 11.3 Å². The lowest BCUT2D eigenvalue weighted by Crippen LogP contribution is -2.64. The van der Waals surface area contributed by atoms with Gasteiger partial charge in [-0.15, -0.1) is 11.3 Å². The number of alkyl halides is 3. The topological polar surface area (TPSA) is 175 Å². The van der Waals surface area contributed by atoms with Crippen LogP contribution in [-0.4, -0.2) is 161 Å². The number of hydrogen-bond donors (Lipinski definition) is 2. The highest BCUT2D eigenvalue weighted by Gasteiger charge is 2.58. The first-order valence-electron chi connectivity index (χ1n) is 26.6. The fraction of sp³-hybridized carbons (Fsp3) is 0.582. The third kappa shape index (κ3) is 10.4. The molecule has 17 nitrogen and oxygen atoms in total. The molecule has 4 aromatic rings. The fourth-order valence-corrected chi connectivity index (χ4v) is 13.2. The van der Waals surface area contributed by atoms with E-state index < -0.39 is 65.6 Å². The summed E-state index contributed by atoms with van der Waals surface area (Å²) < 4.78 is 54.7. The summed E-state index contributed by atoms with van der Waals surface area (Å²) in [6.45, 7) is 15.7. The number of halogens is 3. The molecule has 10 rings (SSSR count). The van der Waals surface area contributed by atoms with E-state index in [1.54, 1.807) is 23.1 Å². The first kappa shape index (κ1) is 53.5. The summed E-state index contributed by atoms with van der Waals surface area (Å²) in [5, 5.41) is 8.07. The van der Waals surface area contributed by atoms with Crippen LogP contribution in [0.25, 0.3) is 33.4 Å². The van der Waals surface area contributed by atoms with Crippen LogP contribution in [0.5, 0.6) is 0 Å². The van der Waals surface area contributed by atoms with E-state index in [1.165, 1.54) is 27.3 Å². The van der Waals surface area contributed by atoms with Gasteiger partial charge in [-0.05, 0) is 86.8 Å². The lowest BCUT2D eigenvalue weighted by atomic mass is 9.78. The van der Waals surface area contributed by atoms with Gasteiger partial charge >= 0.3 is 12.1 Å². The quantitative estimate of drug-likeness (QED) is 0.139. The van der Waals surface area contributed by atoms with Gasteiger partial charge in [0.2, 0.25) is 17.7 Å². The number of aromatic nitrogens is 3. The van der Waals surface area contributed by atoms with Crippen molar-refractivity contribution in [2.45, 2.75) is 117 Å².